The van der Waals surface area contributed by atoms with Gasteiger partial charge in [-0.25, -0.2) is 8.78 Å². The van der Waals surface area contributed by atoms with Crippen molar-refractivity contribution >= 4 is 0 Å². The molecule has 2 aliphatic rings. The Labute approximate surface area is 103 Å². The largest absolute Gasteiger partial charge is 0.486 e. The molecule has 0 saturated heterocycles. The minimum Gasteiger partial charge on any atom is -0.486 e. The summed E-state index contributed by atoms with van der Waals surface area (Å²) in [6.07, 6.45) is 0. The van der Waals surface area contributed by atoms with Crippen LogP contribution in [0.1, 0.15) is 11.1 Å². The Bertz CT molecular complexity index is 605. The highest BCUT2D eigenvalue weighted by molar-refractivity contribution is 5.32. The van der Waals surface area contributed by atoms with Gasteiger partial charge in [0.15, 0.2) is 11.6 Å². The molecule has 0 radical (unpaired) electrons. The van der Waals surface area contributed by atoms with E-state index in [-0.39, 0.29) is 11.6 Å². The molecule has 0 spiro atoms. The molecule has 0 fully saturated rings. The Morgan fingerprint density at radius 2 is 1.94 bits per heavy atom. The second-order valence-corrected chi connectivity index (χ2v) is 3.68. The van der Waals surface area contributed by atoms with Crippen LogP contribution >= 0.6 is 0 Å². The van der Waals surface area contributed by atoms with Crippen LogP contribution in [-0.2, 0) is 6.61 Å². The monoisotopic (exact) mass is 245 g/mol. The Kier molecular flexibility index (Phi) is 3.54. The summed E-state index contributed by atoms with van der Waals surface area (Å²) in [4.78, 5) is 0. The van der Waals surface area contributed by atoms with Crippen LogP contribution in [0, 0.1) is 23.0 Å². The number of nitrogens with zero attached hydrogens (tertiary/aromatic N) is 1. The number of ether oxygens (including phenoxy) is 1. The smallest absolute Gasteiger partial charge is 0.165 e. The lowest BCUT2D eigenvalue weighted by Crippen LogP contribution is -2.04. The van der Waals surface area contributed by atoms with Crippen LogP contribution in [0.25, 0.3) is 0 Å². The third-order valence-electron chi connectivity index (χ3n) is 2.34. The number of halogens is 2. The van der Waals surface area contributed by atoms with Crippen LogP contribution < -0.4 is 4.74 Å². The Morgan fingerprint density at radius 3 is 2.28 bits per heavy atom. The first kappa shape index (κ1) is 12.1. The summed E-state index contributed by atoms with van der Waals surface area (Å²) in [5.41, 5.74) is 1.26. The highest BCUT2D eigenvalue weighted by Gasteiger charge is 2.10. The van der Waals surface area contributed by atoms with Crippen molar-refractivity contribution in [2.45, 2.75) is 6.61 Å². The summed E-state index contributed by atoms with van der Waals surface area (Å²) in [6.45, 7) is 0.527. The van der Waals surface area contributed by atoms with Gasteiger partial charge in [-0.05, 0) is 35.9 Å². The first-order valence-corrected chi connectivity index (χ1v) is 5.26. The normalized spacial score (nSPS) is 10.9. The molecule has 2 bridgehead atoms. The van der Waals surface area contributed by atoms with Crippen LogP contribution in [0.5, 0.6) is 5.75 Å². The van der Waals surface area contributed by atoms with Crippen molar-refractivity contribution in [3.8, 4) is 11.8 Å². The quantitative estimate of drug-likeness (QED) is 0.712. The third kappa shape index (κ3) is 2.83. The van der Waals surface area contributed by atoms with Gasteiger partial charge in [0.05, 0.1) is 11.6 Å². The molecule has 0 atom stereocenters. The lowest BCUT2D eigenvalue weighted by atomic mass is 10.2. The van der Waals surface area contributed by atoms with E-state index in [4.69, 9.17) is 10.00 Å². The van der Waals surface area contributed by atoms with Crippen LogP contribution in [0.4, 0.5) is 8.78 Å². The molecule has 18 heavy (non-hydrogen) atoms. The summed E-state index contributed by atoms with van der Waals surface area (Å²) in [6, 6.07) is 12.4. The number of hydrogen-bond donors (Lipinski definition) is 0. The van der Waals surface area contributed by atoms with Gasteiger partial charge < -0.3 is 4.74 Å². The van der Waals surface area contributed by atoms with Crippen LogP contribution in [0.2, 0.25) is 0 Å². The summed E-state index contributed by atoms with van der Waals surface area (Å²) in [5.74, 6) is -0.252. The first-order valence-electron chi connectivity index (χ1n) is 5.26. The molecule has 0 aliphatic carbocycles. The Balaban J connectivity index is 0.000000134. The van der Waals surface area contributed by atoms with Crippen molar-refractivity contribution in [1.29, 1.82) is 5.26 Å². The lowest BCUT2D eigenvalue weighted by molar-refractivity contribution is 0.274. The van der Waals surface area contributed by atoms with Crippen LogP contribution in [0.15, 0.2) is 42.5 Å². The maximum absolute atomic E-state index is 12.5. The van der Waals surface area contributed by atoms with E-state index in [9.17, 15) is 8.78 Å². The molecule has 2 aromatic carbocycles. The SMILES string of the molecule is Fc1cc2ccc1OC2.N#Cc1cccc(F)c1. The molecule has 2 aromatic rings. The molecule has 0 amide bonds. The van der Waals surface area contributed by atoms with Crippen LogP contribution in [-0.4, -0.2) is 0 Å². The van der Waals surface area contributed by atoms with Gasteiger partial charge in [0.25, 0.3) is 0 Å². The second-order valence-electron chi connectivity index (χ2n) is 3.68. The van der Waals surface area contributed by atoms with Gasteiger partial charge in [-0.2, -0.15) is 5.26 Å². The Hall–Kier alpha value is -2.41. The molecule has 0 N–H and O–H groups in total. The minimum absolute atomic E-state index is 0.251. The van der Waals surface area contributed by atoms with E-state index >= 15 is 0 Å². The number of nitriles is 1. The fourth-order valence-corrected chi connectivity index (χ4v) is 1.47. The maximum Gasteiger partial charge on any atom is 0.165 e. The van der Waals surface area contributed by atoms with Gasteiger partial charge in [-0.3, -0.25) is 0 Å². The lowest BCUT2D eigenvalue weighted by Gasteiger charge is -2.13. The molecule has 4 rings (SSSR count). The van der Waals surface area contributed by atoms with Crippen molar-refractivity contribution < 1.29 is 13.5 Å². The van der Waals surface area contributed by atoms with Gasteiger partial charge in [0.2, 0.25) is 0 Å². The van der Waals surface area contributed by atoms with Gasteiger partial charge in [-0.1, -0.05) is 12.1 Å². The number of benzene rings is 2. The average molecular weight is 245 g/mol. The van der Waals surface area contributed by atoms with E-state index in [2.05, 4.69) is 0 Å². The van der Waals surface area contributed by atoms with Crippen molar-refractivity contribution in [1.82, 2.24) is 0 Å². The van der Waals surface area contributed by atoms with Crippen molar-refractivity contribution in [2.24, 2.45) is 0 Å². The molecule has 0 unspecified atom stereocenters. The zero-order valence-electron chi connectivity index (χ0n) is 9.36. The standard InChI is InChI=1S/C7H4FN.C7H5FO/c8-7-3-1-2-6(4-7)5-9;8-6-3-5-1-2-7(6)9-4-5/h1-4H;1-3H,4H2. The molecular weight excluding hydrogens is 236 g/mol. The maximum atomic E-state index is 12.5. The topological polar surface area (TPSA) is 33.0 Å². The molecule has 2 aliphatic heterocycles. The van der Waals surface area contributed by atoms with Crippen molar-refractivity contribution in [3.63, 3.8) is 0 Å². The Morgan fingerprint density at radius 1 is 1.11 bits per heavy atom. The molecule has 0 saturated carbocycles. The molecule has 2 heterocycles. The molecule has 2 nitrogen and oxygen atoms in total. The average Bonchev–Trinajstić information content (AvgIpc) is 2.40. The predicted molar refractivity (Wildman–Crippen MR) is 61.8 cm³/mol. The minimum atomic E-state index is -0.367. The zero-order chi connectivity index (χ0) is 13.0. The van der Waals surface area contributed by atoms with E-state index in [1.165, 1.54) is 24.3 Å². The number of hydrogen-bond acceptors (Lipinski definition) is 2. The fourth-order valence-electron chi connectivity index (χ4n) is 1.47. The van der Waals surface area contributed by atoms with Gasteiger partial charge in [-0.15, -0.1) is 0 Å². The van der Waals surface area contributed by atoms with E-state index < -0.39 is 0 Å². The zero-order valence-corrected chi connectivity index (χ0v) is 9.36. The van der Waals surface area contributed by atoms with Gasteiger partial charge in [0.1, 0.15) is 12.4 Å². The summed E-state index contributed by atoms with van der Waals surface area (Å²) < 4.78 is 29.6. The molecule has 0 aromatic heterocycles. The van der Waals surface area contributed by atoms with E-state index in [1.807, 2.05) is 12.1 Å². The van der Waals surface area contributed by atoms with Crippen molar-refractivity contribution in [2.75, 3.05) is 0 Å². The third-order valence-corrected chi connectivity index (χ3v) is 2.34. The predicted octanol–water partition coefficient (Wildman–Crippen LogP) is 3.42. The molecule has 4 heteroatoms. The highest BCUT2D eigenvalue weighted by Crippen LogP contribution is 2.24. The highest BCUT2D eigenvalue weighted by atomic mass is 19.1. The number of rotatable bonds is 0. The molecule has 90 valence electrons. The number of fused-ring (bicyclic) bond motifs is 3. The summed E-state index contributed by atoms with van der Waals surface area (Å²) in [5, 5.41) is 8.25. The van der Waals surface area contributed by atoms with E-state index in [1.54, 1.807) is 12.1 Å². The van der Waals surface area contributed by atoms with E-state index in [0.29, 0.717) is 17.9 Å². The van der Waals surface area contributed by atoms with E-state index in [0.717, 1.165) is 5.56 Å². The first-order chi connectivity index (χ1) is 8.69. The van der Waals surface area contributed by atoms with Gasteiger partial charge >= 0.3 is 0 Å². The van der Waals surface area contributed by atoms with Crippen LogP contribution in [0.3, 0.4) is 0 Å². The second kappa shape index (κ2) is 5.28. The van der Waals surface area contributed by atoms with Crippen molar-refractivity contribution in [3.05, 3.63) is 65.2 Å². The summed E-state index contributed by atoms with van der Waals surface area (Å²) in [7, 11) is 0. The van der Waals surface area contributed by atoms with Gasteiger partial charge in [0, 0.05) is 0 Å². The molecular formula is C14H9F2NO. The summed E-state index contributed by atoms with van der Waals surface area (Å²) >= 11 is 0. The fraction of sp³-hybridized carbons (Fsp3) is 0.0714.